The Labute approximate surface area is 110 Å². The highest BCUT2D eigenvalue weighted by atomic mass is 19.1. The first kappa shape index (κ1) is 12.9. The normalized spacial score (nSPS) is 9.74. The van der Waals surface area contributed by atoms with E-state index in [4.69, 9.17) is 14.7 Å². The number of rotatable bonds is 4. The minimum Gasteiger partial charge on any atom is -0.495 e. The van der Waals surface area contributed by atoms with Gasteiger partial charge in [-0.2, -0.15) is 5.26 Å². The van der Waals surface area contributed by atoms with Crippen molar-refractivity contribution in [2.75, 3.05) is 7.11 Å². The summed E-state index contributed by atoms with van der Waals surface area (Å²) in [5.41, 5.74) is 1.31. The number of nitriles is 1. The lowest BCUT2D eigenvalue weighted by Crippen LogP contribution is -1.97. The fourth-order valence-corrected chi connectivity index (χ4v) is 1.63. The summed E-state index contributed by atoms with van der Waals surface area (Å²) in [7, 11) is 1.52. The van der Waals surface area contributed by atoms with Gasteiger partial charge in [0, 0.05) is 0 Å². The quantitative estimate of drug-likeness (QED) is 0.844. The van der Waals surface area contributed by atoms with Crippen LogP contribution in [0.5, 0.6) is 11.5 Å². The van der Waals surface area contributed by atoms with Crippen molar-refractivity contribution in [1.29, 1.82) is 5.26 Å². The fraction of sp³-hybridized carbons (Fsp3) is 0.133. The van der Waals surface area contributed by atoms with Gasteiger partial charge in [-0.05, 0) is 42.0 Å². The first-order valence-electron chi connectivity index (χ1n) is 5.68. The van der Waals surface area contributed by atoms with Gasteiger partial charge in [0.05, 0.1) is 12.7 Å². The van der Waals surface area contributed by atoms with E-state index < -0.39 is 0 Å². The van der Waals surface area contributed by atoms with E-state index in [0.29, 0.717) is 23.7 Å². The van der Waals surface area contributed by atoms with Crippen molar-refractivity contribution in [2.24, 2.45) is 0 Å². The number of ether oxygens (including phenoxy) is 2. The predicted molar refractivity (Wildman–Crippen MR) is 68.4 cm³/mol. The van der Waals surface area contributed by atoms with E-state index in [-0.39, 0.29) is 5.82 Å². The Morgan fingerprint density at radius 2 is 1.89 bits per heavy atom. The first-order valence-corrected chi connectivity index (χ1v) is 5.68. The van der Waals surface area contributed by atoms with Crippen molar-refractivity contribution in [3.05, 3.63) is 59.4 Å². The molecule has 0 bridgehead atoms. The molecule has 0 aliphatic heterocycles. The summed E-state index contributed by atoms with van der Waals surface area (Å²) in [4.78, 5) is 0. The van der Waals surface area contributed by atoms with E-state index in [1.54, 1.807) is 24.3 Å². The van der Waals surface area contributed by atoms with E-state index in [0.717, 1.165) is 5.56 Å². The third-order valence-electron chi connectivity index (χ3n) is 2.60. The zero-order chi connectivity index (χ0) is 13.7. The van der Waals surface area contributed by atoms with Crippen LogP contribution in [-0.2, 0) is 6.61 Å². The average molecular weight is 257 g/mol. The maximum atomic E-state index is 12.7. The Hall–Kier alpha value is -2.54. The van der Waals surface area contributed by atoms with Crippen LogP contribution in [0.2, 0.25) is 0 Å². The fourth-order valence-electron chi connectivity index (χ4n) is 1.63. The monoisotopic (exact) mass is 257 g/mol. The zero-order valence-electron chi connectivity index (χ0n) is 10.4. The first-order chi connectivity index (χ1) is 9.22. The van der Waals surface area contributed by atoms with Gasteiger partial charge in [-0.1, -0.05) is 6.07 Å². The third-order valence-corrected chi connectivity index (χ3v) is 2.60. The predicted octanol–water partition coefficient (Wildman–Crippen LogP) is 3.28. The Bertz CT molecular complexity index is 603. The highest BCUT2D eigenvalue weighted by Crippen LogP contribution is 2.20. The zero-order valence-corrected chi connectivity index (χ0v) is 10.4. The summed E-state index contributed by atoms with van der Waals surface area (Å²) in [5.74, 6) is 0.812. The molecule has 0 saturated heterocycles. The number of hydrogen-bond acceptors (Lipinski definition) is 3. The van der Waals surface area contributed by atoms with Crippen LogP contribution < -0.4 is 9.47 Å². The van der Waals surface area contributed by atoms with Gasteiger partial charge >= 0.3 is 0 Å². The van der Waals surface area contributed by atoms with Gasteiger partial charge in [-0.25, -0.2) is 4.39 Å². The molecule has 0 fully saturated rings. The molecule has 0 N–H and O–H groups in total. The largest absolute Gasteiger partial charge is 0.495 e. The van der Waals surface area contributed by atoms with E-state index >= 15 is 0 Å². The van der Waals surface area contributed by atoms with Gasteiger partial charge in [-0.3, -0.25) is 0 Å². The molecule has 96 valence electrons. The second-order valence-electron chi connectivity index (χ2n) is 3.89. The molecule has 0 amide bonds. The van der Waals surface area contributed by atoms with E-state index in [1.807, 2.05) is 6.07 Å². The SMILES string of the molecule is COc1ccc(COc2ccc(F)cc2)cc1C#N. The van der Waals surface area contributed by atoms with Crippen LogP contribution in [0.15, 0.2) is 42.5 Å². The molecule has 2 aromatic carbocycles. The number of methoxy groups -OCH3 is 1. The molecule has 0 aromatic heterocycles. The minimum atomic E-state index is -0.302. The number of hydrogen-bond donors (Lipinski definition) is 0. The van der Waals surface area contributed by atoms with Crippen LogP contribution in [0.1, 0.15) is 11.1 Å². The molecule has 0 spiro atoms. The maximum absolute atomic E-state index is 12.7. The highest BCUT2D eigenvalue weighted by Gasteiger charge is 2.04. The second kappa shape index (κ2) is 5.87. The molecule has 19 heavy (non-hydrogen) atoms. The van der Waals surface area contributed by atoms with E-state index in [9.17, 15) is 4.39 Å². The minimum absolute atomic E-state index is 0.302. The third kappa shape index (κ3) is 3.23. The Balaban J connectivity index is 2.08. The molecule has 0 saturated carbocycles. The molecule has 2 aromatic rings. The van der Waals surface area contributed by atoms with Crippen LogP contribution in [0.4, 0.5) is 4.39 Å². The average Bonchev–Trinajstić information content (AvgIpc) is 2.46. The van der Waals surface area contributed by atoms with Crippen molar-refractivity contribution >= 4 is 0 Å². The smallest absolute Gasteiger partial charge is 0.136 e. The summed E-state index contributed by atoms with van der Waals surface area (Å²) < 4.78 is 23.3. The summed E-state index contributed by atoms with van der Waals surface area (Å²) in [6.45, 7) is 0.310. The van der Waals surface area contributed by atoms with Crippen LogP contribution >= 0.6 is 0 Å². The van der Waals surface area contributed by atoms with Crippen LogP contribution in [0.25, 0.3) is 0 Å². The molecule has 0 radical (unpaired) electrons. The molecule has 0 aliphatic rings. The van der Waals surface area contributed by atoms with Crippen molar-refractivity contribution in [3.63, 3.8) is 0 Å². The lowest BCUT2D eigenvalue weighted by Gasteiger charge is -2.08. The number of nitrogens with zero attached hydrogens (tertiary/aromatic N) is 1. The topological polar surface area (TPSA) is 42.2 Å². The van der Waals surface area contributed by atoms with E-state index in [1.165, 1.54) is 19.2 Å². The van der Waals surface area contributed by atoms with Gasteiger partial charge in [-0.15, -0.1) is 0 Å². The van der Waals surface area contributed by atoms with Crippen molar-refractivity contribution in [1.82, 2.24) is 0 Å². The number of halogens is 1. The molecule has 4 heteroatoms. The number of benzene rings is 2. The van der Waals surface area contributed by atoms with Crippen molar-refractivity contribution < 1.29 is 13.9 Å². The Morgan fingerprint density at radius 3 is 2.53 bits per heavy atom. The molecular formula is C15H12FNO2. The molecule has 0 aliphatic carbocycles. The van der Waals surface area contributed by atoms with Gasteiger partial charge < -0.3 is 9.47 Å². The van der Waals surface area contributed by atoms with Crippen molar-refractivity contribution in [2.45, 2.75) is 6.61 Å². The van der Waals surface area contributed by atoms with E-state index in [2.05, 4.69) is 6.07 Å². The summed E-state index contributed by atoms with van der Waals surface area (Å²) >= 11 is 0. The van der Waals surface area contributed by atoms with Gasteiger partial charge in [0.25, 0.3) is 0 Å². The summed E-state index contributed by atoms with van der Waals surface area (Å²) in [6, 6.07) is 13.1. The molecular weight excluding hydrogens is 245 g/mol. The van der Waals surface area contributed by atoms with Gasteiger partial charge in [0.1, 0.15) is 30.0 Å². The molecule has 0 heterocycles. The lowest BCUT2D eigenvalue weighted by atomic mass is 10.1. The van der Waals surface area contributed by atoms with Crippen LogP contribution in [0.3, 0.4) is 0 Å². The van der Waals surface area contributed by atoms with Crippen LogP contribution in [0, 0.1) is 17.1 Å². The Kier molecular flexibility index (Phi) is 3.99. The van der Waals surface area contributed by atoms with Gasteiger partial charge in [0.2, 0.25) is 0 Å². The van der Waals surface area contributed by atoms with Crippen LogP contribution in [-0.4, -0.2) is 7.11 Å². The maximum Gasteiger partial charge on any atom is 0.136 e. The molecule has 0 unspecified atom stereocenters. The Morgan fingerprint density at radius 1 is 1.16 bits per heavy atom. The summed E-state index contributed by atoms with van der Waals surface area (Å²) in [5, 5.41) is 8.98. The van der Waals surface area contributed by atoms with Gasteiger partial charge in [0.15, 0.2) is 0 Å². The second-order valence-corrected chi connectivity index (χ2v) is 3.89. The summed E-state index contributed by atoms with van der Waals surface area (Å²) in [6.07, 6.45) is 0. The molecule has 0 atom stereocenters. The lowest BCUT2D eigenvalue weighted by molar-refractivity contribution is 0.305. The highest BCUT2D eigenvalue weighted by molar-refractivity contribution is 5.45. The standard InChI is InChI=1S/C15H12FNO2/c1-18-15-7-2-11(8-12(15)9-17)10-19-14-5-3-13(16)4-6-14/h2-8H,10H2,1H3. The molecule has 3 nitrogen and oxygen atoms in total. The molecule has 2 rings (SSSR count). The van der Waals surface area contributed by atoms with Crippen molar-refractivity contribution in [3.8, 4) is 17.6 Å².